The van der Waals surface area contributed by atoms with Gasteiger partial charge in [0, 0.05) is 18.8 Å². The van der Waals surface area contributed by atoms with Crippen LogP contribution in [-0.4, -0.2) is 44.8 Å². The molecule has 0 unspecified atom stereocenters. The molecule has 1 aliphatic rings. The monoisotopic (exact) mass is 313 g/mol. The zero-order valence-electron chi connectivity index (χ0n) is 13.0. The molecule has 23 heavy (non-hydrogen) atoms. The summed E-state index contributed by atoms with van der Waals surface area (Å²) in [6.07, 6.45) is 1.33. The molecule has 1 atom stereocenters. The molecule has 3 rings (SSSR count). The fraction of sp³-hybridized carbons (Fsp3) is 0.353. The first kappa shape index (κ1) is 15.3. The van der Waals surface area contributed by atoms with Crippen LogP contribution in [0.15, 0.2) is 36.4 Å². The van der Waals surface area contributed by atoms with Gasteiger partial charge >= 0.3 is 5.97 Å². The molecule has 1 aromatic carbocycles. The van der Waals surface area contributed by atoms with E-state index in [0.29, 0.717) is 25.1 Å². The highest BCUT2D eigenvalue weighted by Crippen LogP contribution is 2.19. The second-order valence-corrected chi connectivity index (χ2v) is 5.85. The molecule has 2 aromatic rings. The van der Waals surface area contributed by atoms with Gasteiger partial charge in [-0.05, 0) is 38.0 Å². The number of nitrogens with zero attached hydrogens (tertiary/aromatic N) is 3. The lowest BCUT2D eigenvalue weighted by Gasteiger charge is -2.30. The van der Waals surface area contributed by atoms with Gasteiger partial charge in [-0.2, -0.15) is 5.10 Å². The number of aryl methyl sites for hydroxylation is 1. The van der Waals surface area contributed by atoms with Gasteiger partial charge in [-0.3, -0.25) is 9.59 Å². The number of aromatic nitrogens is 2. The summed E-state index contributed by atoms with van der Waals surface area (Å²) in [7, 11) is 0. The first-order valence-electron chi connectivity index (χ1n) is 7.70. The molecular weight excluding hydrogens is 294 g/mol. The van der Waals surface area contributed by atoms with E-state index in [-0.39, 0.29) is 12.5 Å². The molecule has 0 spiro atoms. The fourth-order valence-electron chi connectivity index (χ4n) is 2.93. The molecule has 1 fully saturated rings. The number of aliphatic carboxylic acids is 1. The first-order valence-corrected chi connectivity index (χ1v) is 7.70. The van der Waals surface area contributed by atoms with Gasteiger partial charge in [-0.15, -0.1) is 0 Å². The molecule has 1 aromatic heterocycles. The number of benzene rings is 1. The van der Waals surface area contributed by atoms with E-state index in [9.17, 15) is 9.59 Å². The third-order valence-electron chi connectivity index (χ3n) is 4.17. The lowest BCUT2D eigenvalue weighted by atomic mass is 9.98. The van der Waals surface area contributed by atoms with Gasteiger partial charge in [-0.25, -0.2) is 4.68 Å². The summed E-state index contributed by atoms with van der Waals surface area (Å²) in [5.41, 5.74) is 2.12. The molecule has 1 aliphatic heterocycles. The molecule has 0 saturated carbocycles. The number of amides is 1. The van der Waals surface area contributed by atoms with E-state index in [1.165, 1.54) is 0 Å². The minimum absolute atomic E-state index is 0.200. The van der Waals surface area contributed by atoms with Crippen LogP contribution < -0.4 is 0 Å². The summed E-state index contributed by atoms with van der Waals surface area (Å²) in [5, 5.41) is 13.6. The molecule has 1 N–H and O–H groups in total. The van der Waals surface area contributed by atoms with E-state index in [1.54, 1.807) is 15.6 Å². The van der Waals surface area contributed by atoms with Crippen LogP contribution >= 0.6 is 0 Å². The van der Waals surface area contributed by atoms with Crippen LogP contribution in [0.4, 0.5) is 0 Å². The van der Waals surface area contributed by atoms with Crippen LogP contribution in [0.3, 0.4) is 0 Å². The third kappa shape index (κ3) is 3.11. The van der Waals surface area contributed by atoms with Crippen molar-refractivity contribution in [2.75, 3.05) is 13.1 Å². The van der Waals surface area contributed by atoms with Crippen LogP contribution in [0.25, 0.3) is 5.69 Å². The van der Waals surface area contributed by atoms with Crippen LogP contribution in [0.1, 0.15) is 29.0 Å². The molecular formula is C17H19N3O3. The number of carbonyl (C=O) groups is 2. The van der Waals surface area contributed by atoms with Crippen molar-refractivity contribution in [1.82, 2.24) is 14.7 Å². The fourth-order valence-corrected chi connectivity index (χ4v) is 2.93. The Morgan fingerprint density at radius 2 is 2.00 bits per heavy atom. The lowest BCUT2D eigenvalue weighted by molar-refractivity contribution is -0.143. The highest BCUT2D eigenvalue weighted by molar-refractivity contribution is 5.93. The zero-order valence-corrected chi connectivity index (χ0v) is 13.0. The van der Waals surface area contributed by atoms with Crippen molar-refractivity contribution in [3.05, 3.63) is 47.8 Å². The van der Waals surface area contributed by atoms with Gasteiger partial charge in [0.05, 0.1) is 11.6 Å². The topological polar surface area (TPSA) is 75.4 Å². The molecule has 6 nitrogen and oxygen atoms in total. The Morgan fingerprint density at radius 1 is 1.26 bits per heavy atom. The summed E-state index contributed by atoms with van der Waals surface area (Å²) < 4.78 is 1.73. The number of carbonyl (C=O) groups excluding carboxylic acids is 1. The van der Waals surface area contributed by atoms with Crippen molar-refractivity contribution < 1.29 is 14.7 Å². The van der Waals surface area contributed by atoms with Crippen LogP contribution in [0.2, 0.25) is 0 Å². The SMILES string of the molecule is Cc1cc(C(=O)N2CCC[C@H](C(=O)O)C2)nn1-c1ccccc1. The summed E-state index contributed by atoms with van der Waals surface area (Å²) >= 11 is 0. The quantitative estimate of drug-likeness (QED) is 0.942. The molecule has 0 bridgehead atoms. The number of carboxylic acid groups (broad SMARTS) is 1. The number of hydrogen-bond donors (Lipinski definition) is 1. The smallest absolute Gasteiger partial charge is 0.308 e. The number of hydrogen-bond acceptors (Lipinski definition) is 3. The lowest BCUT2D eigenvalue weighted by Crippen LogP contribution is -2.42. The van der Waals surface area contributed by atoms with E-state index in [2.05, 4.69) is 5.10 Å². The maximum absolute atomic E-state index is 12.6. The van der Waals surface area contributed by atoms with Crippen molar-refractivity contribution in [2.45, 2.75) is 19.8 Å². The summed E-state index contributed by atoms with van der Waals surface area (Å²) in [6.45, 7) is 2.73. The molecule has 0 aliphatic carbocycles. The minimum atomic E-state index is -0.839. The van der Waals surface area contributed by atoms with E-state index in [1.807, 2.05) is 37.3 Å². The molecule has 0 radical (unpaired) electrons. The zero-order chi connectivity index (χ0) is 16.4. The van der Waals surface area contributed by atoms with Gasteiger partial charge in [-0.1, -0.05) is 18.2 Å². The third-order valence-corrected chi connectivity index (χ3v) is 4.17. The molecule has 6 heteroatoms. The molecule has 1 amide bonds. The summed E-state index contributed by atoms with van der Waals surface area (Å²) in [5.74, 6) is -1.52. The van der Waals surface area contributed by atoms with Crippen LogP contribution in [-0.2, 0) is 4.79 Å². The van der Waals surface area contributed by atoms with E-state index >= 15 is 0 Å². The Bertz CT molecular complexity index is 724. The number of para-hydroxylation sites is 1. The first-order chi connectivity index (χ1) is 11.1. The average molecular weight is 313 g/mol. The Labute approximate surface area is 134 Å². The number of carboxylic acids is 1. The van der Waals surface area contributed by atoms with Crippen molar-refractivity contribution in [3.63, 3.8) is 0 Å². The van der Waals surface area contributed by atoms with E-state index in [0.717, 1.165) is 11.4 Å². The van der Waals surface area contributed by atoms with Gasteiger partial charge in [0.15, 0.2) is 5.69 Å². The van der Waals surface area contributed by atoms with Gasteiger partial charge in [0.25, 0.3) is 5.91 Å². The molecule has 1 saturated heterocycles. The standard InChI is InChI=1S/C17H19N3O3/c1-12-10-15(18-20(12)14-7-3-2-4-8-14)16(21)19-9-5-6-13(11-19)17(22)23/h2-4,7-8,10,13H,5-6,9,11H2,1H3,(H,22,23)/t13-/m0/s1. The number of piperidine rings is 1. The average Bonchev–Trinajstić information content (AvgIpc) is 2.97. The van der Waals surface area contributed by atoms with Crippen LogP contribution in [0.5, 0.6) is 0 Å². The number of likely N-dealkylation sites (tertiary alicyclic amines) is 1. The van der Waals surface area contributed by atoms with Crippen LogP contribution in [0, 0.1) is 12.8 Å². The second-order valence-electron chi connectivity index (χ2n) is 5.85. The second kappa shape index (κ2) is 6.24. The van der Waals surface area contributed by atoms with Gasteiger partial charge in [0.1, 0.15) is 0 Å². The largest absolute Gasteiger partial charge is 0.481 e. The van der Waals surface area contributed by atoms with Crippen molar-refractivity contribution >= 4 is 11.9 Å². The predicted octanol–water partition coefficient (Wildman–Crippen LogP) is 2.12. The Morgan fingerprint density at radius 3 is 2.70 bits per heavy atom. The highest BCUT2D eigenvalue weighted by Gasteiger charge is 2.29. The maximum Gasteiger partial charge on any atom is 0.308 e. The highest BCUT2D eigenvalue weighted by atomic mass is 16.4. The van der Waals surface area contributed by atoms with Crippen molar-refractivity contribution in [2.24, 2.45) is 5.92 Å². The molecule has 120 valence electrons. The Kier molecular flexibility index (Phi) is 4.14. The van der Waals surface area contributed by atoms with Gasteiger partial charge in [0.2, 0.25) is 0 Å². The van der Waals surface area contributed by atoms with Crippen molar-refractivity contribution in [3.8, 4) is 5.69 Å². The minimum Gasteiger partial charge on any atom is -0.481 e. The van der Waals surface area contributed by atoms with E-state index in [4.69, 9.17) is 5.11 Å². The normalized spacial score (nSPS) is 18.0. The Hall–Kier alpha value is -2.63. The summed E-state index contributed by atoms with van der Waals surface area (Å²) in [4.78, 5) is 25.4. The van der Waals surface area contributed by atoms with E-state index < -0.39 is 11.9 Å². The molecule has 2 heterocycles. The Balaban J connectivity index is 1.82. The summed E-state index contributed by atoms with van der Waals surface area (Å²) in [6, 6.07) is 11.4. The van der Waals surface area contributed by atoms with Crippen molar-refractivity contribution in [1.29, 1.82) is 0 Å². The van der Waals surface area contributed by atoms with Gasteiger partial charge < -0.3 is 10.0 Å². The maximum atomic E-state index is 12.6. The predicted molar refractivity (Wildman–Crippen MR) is 84.6 cm³/mol. The number of rotatable bonds is 3.